The third-order valence-corrected chi connectivity index (χ3v) is 3.97. The van der Waals surface area contributed by atoms with Crippen molar-refractivity contribution in [2.75, 3.05) is 19.8 Å². The number of rotatable bonds is 3. The fraction of sp³-hybridized carbons (Fsp3) is 0.923. The first-order valence-electron chi connectivity index (χ1n) is 6.61. The van der Waals surface area contributed by atoms with Gasteiger partial charge in [-0.3, -0.25) is 4.79 Å². The summed E-state index contributed by atoms with van der Waals surface area (Å²) in [5, 5.41) is 0. The summed E-state index contributed by atoms with van der Waals surface area (Å²) in [6.45, 7) is 5.69. The number of ether oxygens (including phenoxy) is 3. The van der Waals surface area contributed by atoms with Crippen LogP contribution in [-0.4, -0.2) is 31.6 Å². The van der Waals surface area contributed by atoms with Crippen molar-refractivity contribution in [3.8, 4) is 0 Å². The smallest absolute Gasteiger partial charge is 0.308 e. The van der Waals surface area contributed by atoms with Crippen molar-refractivity contribution >= 4 is 5.97 Å². The Balaban J connectivity index is 1.83. The summed E-state index contributed by atoms with van der Waals surface area (Å²) in [7, 11) is 0. The molecule has 2 rings (SSSR count). The topological polar surface area (TPSA) is 44.8 Å². The third-order valence-electron chi connectivity index (χ3n) is 3.97. The maximum absolute atomic E-state index is 11.7. The molecule has 0 radical (unpaired) electrons. The minimum absolute atomic E-state index is 0.00583. The number of hydrogen-bond donors (Lipinski definition) is 0. The molecule has 2 fully saturated rings. The van der Waals surface area contributed by atoms with Crippen LogP contribution in [0.3, 0.4) is 0 Å². The normalized spacial score (nSPS) is 26.0. The molecule has 1 atom stereocenters. The number of esters is 1. The van der Waals surface area contributed by atoms with Gasteiger partial charge in [-0.1, -0.05) is 6.92 Å². The largest absolute Gasteiger partial charge is 0.466 e. The van der Waals surface area contributed by atoms with Crippen LogP contribution < -0.4 is 0 Å². The fourth-order valence-electron chi connectivity index (χ4n) is 2.83. The van der Waals surface area contributed by atoms with Crippen LogP contribution >= 0.6 is 0 Å². The van der Waals surface area contributed by atoms with Crippen molar-refractivity contribution in [3.63, 3.8) is 0 Å². The maximum Gasteiger partial charge on any atom is 0.308 e. The predicted octanol–water partition coefficient (Wildman–Crippen LogP) is 2.12. The van der Waals surface area contributed by atoms with Crippen LogP contribution in [0.25, 0.3) is 0 Å². The molecule has 0 bridgehead atoms. The van der Waals surface area contributed by atoms with Crippen molar-refractivity contribution in [3.05, 3.63) is 0 Å². The van der Waals surface area contributed by atoms with Gasteiger partial charge in [0, 0.05) is 12.8 Å². The molecule has 1 spiro atoms. The average Bonchev–Trinajstić information content (AvgIpc) is 2.78. The molecule has 2 aliphatic rings. The first-order chi connectivity index (χ1) is 8.17. The maximum atomic E-state index is 11.7. The molecule has 1 saturated heterocycles. The summed E-state index contributed by atoms with van der Waals surface area (Å²) in [6, 6.07) is 0. The van der Waals surface area contributed by atoms with Gasteiger partial charge in [0.2, 0.25) is 0 Å². The standard InChI is InChI=1S/C13H22O4/c1-3-15-12(14)10(2)11-4-6-13(7-5-11)16-8-9-17-13/h10-11H,3-9H2,1-2H3/t10-/m1/s1. The zero-order valence-corrected chi connectivity index (χ0v) is 10.7. The van der Waals surface area contributed by atoms with Crippen LogP contribution in [-0.2, 0) is 19.0 Å². The van der Waals surface area contributed by atoms with Gasteiger partial charge in [-0.15, -0.1) is 0 Å². The Morgan fingerprint density at radius 1 is 1.35 bits per heavy atom. The SMILES string of the molecule is CCOC(=O)[C@H](C)C1CCC2(CC1)OCCO2. The monoisotopic (exact) mass is 242 g/mol. The Bertz CT molecular complexity index is 261. The van der Waals surface area contributed by atoms with Crippen molar-refractivity contribution in [2.45, 2.75) is 45.3 Å². The lowest BCUT2D eigenvalue weighted by molar-refractivity contribution is -0.187. The predicted molar refractivity (Wildman–Crippen MR) is 62.4 cm³/mol. The number of carbonyl (C=O) groups is 1. The van der Waals surface area contributed by atoms with Gasteiger partial charge in [0.1, 0.15) is 0 Å². The lowest BCUT2D eigenvalue weighted by atomic mass is 9.78. The molecular weight excluding hydrogens is 220 g/mol. The molecular formula is C13H22O4. The molecule has 1 saturated carbocycles. The highest BCUT2D eigenvalue weighted by Crippen LogP contribution is 2.40. The molecule has 1 heterocycles. The fourth-order valence-corrected chi connectivity index (χ4v) is 2.83. The third kappa shape index (κ3) is 2.80. The van der Waals surface area contributed by atoms with E-state index in [9.17, 15) is 4.79 Å². The molecule has 4 nitrogen and oxygen atoms in total. The Hall–Kier alpha value is -0.610. The van der Waals surface area contributed by atoms with Gasteiger partial charge in [0.15, 0.2) is 5.79 Å². The summed E-state index contributed by atoms with van der Waals surface area (Å²) in [4.78, 5) is 11.7. The quantitative estimate of drug-likeness (QED) is 0.711. The van der Waals surface area contributed by atoms with Crippen LogP contribution in [0.2, 0.25) is 0 Å². The number of carbonyl (C=O) groups excluding carboxylic acids is 1. The van der Waals surface area contributed by atoms with Crippen molar-refractivity contribution in [1.82, 2.24) is 0 Å². The second-order valence-corrected chi connectivity index (χ2v) is 4.99. The summed E-state index contributed by atoms with van der Waals surface area (Å²) >= 11 is 0. The van der Waals surface area contributed by atoms with Gasteiger partial charge in [0.05, 0.1) is 25.7 Å². The average molecular weight is 242 g/mol. The van der Waals surface area contributed by atoms with Crippen molar-refractivity contribution < 1.29 is 19.0 Å². The highest BCUT2D eigenvalue weighted by Gasteiger charge is 2.42. The Morgan fingerprint density at radius 2 is 1.94 bits per heavy atom. The first-order valence-corrected chi connectivity index (χ1v) is 6.61. The molecule has 0 aromatic carbocycles. The van der Waals surface area contributed by atoms with Crippen molar-refractivity contribution in [1.29, 1.82) is 0 Å². The van der Waals surface area contributed by atoms with E-state index in [2.05, 4.69) is 0 Å². The lowest BCUT2D eigenvalue weighted by Crippen LogP contribution is -2.38. The van der Waals surface area contributed by atoms with Gasteiger partial charge in [-0.2, -0.15) is 0 Å². The minimum atomic E-state index is -0.328. The van der Waals surface area contributed by atoms with E-state index in [1.54, 1.807) is 0 Å². The Kier molecular flexibility index (Phi) is 4.05. The first kappa shape index (κ1) is 12.8. The zero-order valence-electron chi connectivity index (χ0n) is 10.7. The van der Waals surface area contributed by atoms with Crippen molar-refractivity contribution in [2.24, 2.45) is 11.8 Å². The van der Waals surface area contributed by atoms with E-state index in [1.807, 2.05) is 13.8 Å². The Morgan fingerprint density at radius 3 is 2.47 bits per heavy atom. The molecule has 98 valence electrons. The van der Waals surface area contributed by atoms with E-state index < -0.39 is 0 Å². The van der Waals surface area contributed by atoms with Crippen LogP contribution in [0.4, 0.5) is 0 Å². The molecule has 0 unspecified atom stereocenters. The van der Waals surface area contributed by atoms with Gasteiger partial charge >= 0.3 is 5.97 Å². The number of hydrogen-bond acceptors (Lipinski definition) is 4. The molecule has 0 amide bonds. The highest BCUT2D eigenvalue weighted by atomic mass is 16.7. The molecule has 4 heteroatoms. The minimum Gasteiger partial charge on any atom is -0.466 e. The lowest BCUT2D eigenvalue weighted by Gasteiger charge is -2.36. The van der Waals surface area contributed by atoms with E-state index >= 15 is 0 Å². The van der Waals surface area contributed by atoms with E-state index in [0.717, 1.165) is 25.7 Å². The van der Waals surface area contributed by atoms with Crippen LogP contribution in [0.15, 0.2) is 0 Å². The summed E-state index contributed by atoms with van der Waals surface area (Å²) in [5.41, 5.74) is 0. The van der Waals surface area contributed by atoms with Gasteiger partial charge in [-0.05, 0) is 25.7 Å². The van der Waals surface area contributed by atoms with E-state index in [4.69, 9.17) is 14.2 Å². The van der Waals surface area contributed by atoms with Crippen LogP contribution in [0, 0.1) is 11.8 Å². The second kappa shape index (κ2) is 5.36. The van der Waals surface area contributed by atoms with Gasteiger partial charge < -0.3 is 14.2 Å². The molecule has 0 aromatic rings. The van der Waals surface area contributed by atoms with E-state index in [-0.39, 0.29) is 17.7 Å². The molecule has 0 N–H and O–H groups in total. The molecule has 0 aromatic heterocycles. The van der Waals surface area contributed by atoms with Gasteiger partial charge in [-0.25, -0.2) is 0 Å². The second-order valence-electron chi connectivity index (χ2n) is 4.99. The molecule has 17 heavy (non-hydrogen) atoms. The summed E-state index contributed by atoms with van der Waals surface area (Å²) in [5.74, 6) is 0.00752. The van der Waals surface area contributed by atoms with Crippen LogP contribution in [0.5, 0.6) is 0 Å². The van der Waals surface area contributed by atoms with Gasteiger partial charge in [0.25, 0.3) is 0 Å². The zero-order chi connectivity index (χ0) is 12.3. The highest BCUT2D eigenvalue weighted by molar-refractivity contribution is 5.72. The van der Waals surface area contributed by atoms with E-state index in [1.165, 1.54) is 0 Å². The van der Waals surface area contributed by atoms with E-state index in [0.29, 0.717) is 25.7 Å². The summed E-state index contributed by atoms with van der Waals surface area (Å²) < 4.78 is 16.4. The molecule has 1 aliphatic heterocycles. The van der Waals surface area contributed by atoms with Crippen LogP contribution in [0.1, 0.15) is 39.5 Å². The molecule has 1 aliphatic carbocycles. The Labute approximate surface area is 103 Å². The summed E-state index contributed by atoms with van der Waals surface area (Å²) in [6.07, 6.45) is 3.78.